The van der Waals surface area contributed by atoms with Crippen LogP contribution in [0.1, 0.15) is 31.1 Å². The minimum atomic E-state index is -0.414. The van der Waals surface area contributed by atoms with E-state index in [2.05, 4.69) is 43.1 Å². The molecule has 0 aliphatic rings. The van der Waals surface area contributed by atoms with E-state index in [0.717, 1.165) is 17.7 Å². The van der Waals surface area contributed by atoms with Gasteiger partial charge in [0, 0.05) is 18.4 Å². The van der Waals surface area contributed by atoms with Gasteiger partial charge in [0.2, 0.25) is 0 Å². The molecule has 0 bridgehead atoms. The van der Waals surface area contributed by atoms with E-state index in [1.807, 2.05) is 24.3 Å². The third-order valence-electron chi connectivity index (χ3n) is 3.49. The quantitative estimate of drug-likeness (QED) is 0.890. The molecule has 0 spiro atoms. The summed E-state index contributed by atoms with van der Waals surface area (Å²) in [5.41, 5.74) is 4.58. The van der Waals surface area contributed by atoms with Crippen LogP contribution >= 0.6 is 0 Å². The van der Waals surface area contributed by atoms with Crippen LogP contribution in [-0.4, -0.2) is 12.2 Å². The summed E-state index contributed by atoms with van der Waals surface area (Å²) >= 11 is 0. The number of hydrogen-bond acceptors (Lipinski definition) is 2. The van der Waals surface area contributed by atoms with Crippen LogP contribution in [0.3, 0.4) is 0 Å². The van der Waals surface area contributed by atoms with Gasteiger partial charge in [-0.1, -0.05) is 31.2 Å². The maximum atomic E-state index is 9.51. The molecule has 0 saturated heterocycles. The Bertz CT molecular complexity index is 514. The molecule has 0 aliphatic heterocycles. The van der Waals surface area contributed by atoms with Gasteiger partial charge in [-0.05, 0) is 48.7 Å². The van der Waals surface area contributed by atoms with Crippen molar-refractivity contribution in [3.63, 3.8) is 0 Å². The Morgan fingerprint density at radius 2 is 1.42 bits per heavy atom. The Balaban J connectivity index is 2.20. The van der Waals surface area contributed by atoms with Crippen LogP contribution in [0.5, 0.6) is 0 Å². The Kier molecular flexibility index (Phi) is 4.23. The average Bonchev–Trinajstić information content (AvgIpc) is 2.46. The normalized spacial score (nSPS) is 12.2. The second-order valence-electron chi connectivity index (χ2n) is 4.85. The van der Waals surface area contributed by atoms with Gasteiger partial charge in [0.15, 0.2) is 0 Å². The lowest BCUT2D eigenvalue weighted by molar-refractivity contribution is 0.199. The number of nitrogens with zero attached hydrogens (tertiary/aromatic N) is 1. The van der Waals surface area contributed by atoms with Crippen molar-refractivity contribution in [1.82, 2.24) is 0 Å². The van der Waals surface area contributed by atoms with Gasteiger partial charge < -0.3 is 10.0 Å². The monoisotopic (exact) mass is 255 g/mol. The predicted octanol–water partition coefficient (Wildman–Crippen LogP) is 4.07. The van der Waals surface area contributed by atoms with Gasteiger partial charge in [-0.3, -0.25) is 0 Å². The molecule has 0 aliphatic carbocycles. The van der Waals surface area contributed by atoms with Crippen LogP contribution in [0.4, 0.5) is 11.4 Å². The fraction of sp³-hybridized carbons (Fsp3) is 0.294. The van der Waals surface area contributed by atoms with E-state index in [9.17, 15) is 5.11 Å². The third-order valence-corrected chi connectivity index (χ3v) is 3.49. The van der Waals surface area contributed by atoms with Crippen LogP contribution in [0.2, 0.25) is 0 Å². The largest absolute Gasteiger partial charge is 0.389 e. The van der Waals surface area contributed by atoms with E-state index < -0.39 is 6.10 Å². The summed E-state index contributed by atoms with van der Waals surface area (Å²) in [5.74, 6) is 0. The highest BCUT2D eigenvalue weighted by atomic mass is 16.3. The van der Waals surface area contributed by atoms with Crippen LogP contribution in [0, 0.1) is 0 Å². The zero-order valence-electron chi connectivity index (χ0n) is 11.8. The molecule has 19 heavy (non-hydrogen) atoms. The number of aliphatic hydroxyl groups is 1. The van der Waals surface area contributed by atoms with E-state index in [4.69, 9.17) is 0 Å². The number of aliphatic hydroxyl groups excluding tert-OH is 1. The van der Waals surface area contributed by atoms with Crippen LogP contribution in [0.15, 0.2) is 48.5 Å². The van der Waals surface area contributed by atoms with Crippen molar-refractivity contribution in [3.05, 3.63) is 59.7 Å². The number of hydrogen-bond donors (Lipinski definition) is 1. The molecule has 1 atom stereocenters. The zero-order chi connectivity index (χ0) is 13.8. The summed E-state index contributed by atoms with van der Waals surface area (Å²) in [6, 6.07) is 16.6. The van der Waals surface area contributed by atoms with E-state index in [1.165, 1.54) is 11.3 Å². The topological polar surface area (TPSA) is 23.5 Å². The predicted molar refractivity (Wildman–Crippen MR) is 81.0 cm³/mol. The van der Waals surface area contributed by atoms with Gasteiger partial charge in [-0.2, -0.15) is 0 Å². The molecular weight excluding hydrogens is 234 g/mol. The Morgan fingerprint density at radius 1 is 0.947 bits per heavy atom. The van der Waals surface area contributed by atoms with Crippen molar-refractivity contribution in [2.75, 3.05) is 11.9 Å². The van der Waals surface area contributed by atoms with Crippen molar-refractivity contribution >= 4 is 11.4 Å². The summed E-state index contributed by atoms with van der Waals surface area (Å²) in [7, 11) is 2.05. The Hall–Kier alpha value is -1.80. The smallest absolute Gasteiger partial charge is 0.0761 e. The molecular formula is C17H21NO. The van der Waals surface area contributed by atoms with E-state index in [0.29, 0.717) is 0 Å². The SMILES string of the molecule is CCc1ccc(N(C)c2ccc(C(C)O)cc2)cc1. The number of anilines is 2. The van der Waals surface area contributed by atoms with Gasteiger partial charge in [0.25, 0.3) is 0 Å². The van der Waals surface area contributed by atoms with Gasteiger partial charge in [0.1, 0.15) is 0 Å². The minimum absolute atomic E-state index is 0.414. The average molecular weight is 255 g/mol. The first kappa shape index (κ1) is 13.6. The summed E-state index contributed by atoms with van der Waals surface area (Å²) < 4.78 is 0. The molecule has 1 N–H and O–H groups in total. The molecule has 0 amide bonds. The fourth-order valence-electron chi connectivity index (χ4n) is 2.08. The fourth-order valence-corrected chi connectivity index (χ4v) is 2.08. The second kappa shape index (κ2) is 5.89. The number of benzene rings is 2. The van der Waals surface area contributed by atoms with Crippen molar-refractivity contribution in [2.24, 2.45) is 0 Å². The lowest BCUT2D eigenvalue weighted by Gasteiger charge is -2.20. The van der Waals surface area contributed by atoms with E-state index in [-0.39, 0.29) is 0 Å². The first-order valence-corrected chi connectivity index (χ1v) is 6.72. The molecule has 0 heterocycles. The van der Waals surface area contributed by atoms with Gasteiger partial charge in [-0.25, -0.2) is 0 Å². The summed E-state index contributed by atoms with van der Waals surface area (Å²) in [6.45, 7) is 3.94. The lowest BCUT2D eigenvalue weighted by atomic mass is 10.1. The highest BCUT2D eigenvalue weighted by Gasteiger charge is 2.05. The molecule has 0 saturated carbocycles. The highest BCUT2D eigenvalue weighted by molar-refractivity contribution is 5.62. The second-order valence-corrected chi connectivity index (χ2v) is 4.85. The summed E-state index contributed by atoms with van der Waals surface area (Å²) in [6.07, 6.45) is 0.649. The van der Waals surface area contributed by atoms with Crippen molar-refractivity contribution in [2.45, 2.75) is 26.4 Å². The van der Waals surface area contributed by atoms with Crippen LogP contribution in [-0.2, 0) is 6.42 Å². The van der Waals surface area contributed by atoms with Crippen LogP contribution in [0.25, 0.3) is 0 Å². The molecule has 2 nitrogen and oxygen atoms in total. The van der Waals surface area contributed by atoms with Crippen molar-refractivity contribution in [1.29, 1.82) is 0 Å². The maximum Gasteiger partial charge on any atom is 0.0761 e. The van der Waals surface area contributed by atoms with E-state index in [1.54, 1.807) is 6.92 Å². The third kappa shape index (κ3) is 3.15. The lowest BCUT2D eigenvalue weighted by Crippen LogP contribution is -2.09. The zero-order valence-corrected chi connectivity index (χ0v) is 11.8. The summed E-state index contributed by atoms with van der Waals surface area (Å²) in [5, 5.41) is 9.51. The summed E-state index contributed by atoms with van der Waals surface area (Å²) in [4.78, 5) is 2.14. The van der Waals surface area contributed by atoms with Gasteiger partial charge >= 0.3 is 0 Å². The molecule has 2 rings (SSSR count). The first-order valence-electron chi connectivity index (χ1n) is 6.72. The van der Waals surface area contributed by atoms with Crippen LogP contribution < -0.4 is 4.90 Å². The Morgan fingerprint density at radius 3 is 1.84 bits per heavy atom. The van der Waals surface area contributed by atoms with Gasteiger partial charge in [-0.15, -0.1) is 0 Å². The molecule has 100 valence electrons. The Labute approximate surface area is 115 Å². The van der Waals surface area contributed by atoms with Crippen molar-refractivity contribution in [3.8, 4) is 0 Å². The molecule has 2 aromatic carbocycles. The molecule has 2 aromatic rings. The van der Waals surface area contributed by atoms with E-state index >= 15 is 0 Å². The molecule has 0 fully saturated rings. The molecule has 0 radical (unpaired) electrons. The molecule has 0 aromatic heterocycles. The standard InChI is InChI=1S/C17H21NO/c1-4-14-5-9-16(10-6-14)18(3)17-11-7-15(8-12-17)13(2)19/h5-13,19H,4H2,1-3H3. The molecule has 2 heteroatoms. The van der Waals surface area contributed by atoms with Gasteiger partial charge in [0.05, 0.1) is 6.10 Å². The number of rotatable bonds is 4. The number of aryl methyl sites for hydroxylation is 1. The highest BCUT2D eigenvalue weighted by Crippen LogP contribution is 2.25. The first-order chi connectivity index (χ1) is 9.11. The maximum absolute atomic E-state index is 9.51. The van der Waals surface area contributed by atoms with Crippen molar-refractivity contribution < 1.29 is 5.11 Å². The molecule has 1 unspecified atom stereocenters. The minimum Gasteiger partial charge on any atom is -0.389 e.